The molecule has 24 heavy (non-hydrogen) atoms. The summed E-state index contributed by atoms with van der Waals surface area (Å²) in [6, 6.07) is 12.0. The lowest BCUT2D eigenvalue weighted by Gasteiger charge is -2.05. The van der Waals surface area contributed by atoms with Crippen molar-refractivity contribution in [2.24, 2.45) is 5.10 Å². The van der Waals surface area contributed by atoms with Crippen LogP contribution in [0.1, 0.15) is 5.56 Å². The SMILES string of the molecule is O=C(N/N=C\c1ccc([N+](=O)[O-])cc1)C(=O)Nc1ccccc1Cl. The molecule has 0 fully saturated rings. The molecule has 0 radical (unpaired) electrons. The molecule has 0 aliphatic heterocycles. The zero-order chi connectivity index (χ0) is 17.5. The van der Waals surface area contributed by atoms with Gasteiger partial charge >= 0.3 is 11.8 Å². The maximum Gasteiger partial charge on any atom is 0.329 e. The van der Waals surface area contributed by atoms with Gasteiger partial charge in [0, 0.05) is 12.1 Å². The van der Waals surface area contributed by atoms with Gasteiger partial charge in [0.1, 0.15) is 0 Å². The van der Waals surface area contributed by atoms with E-state index in [1.165, 1.54) is 30.5 Å². The Morgan fingerprint density at radius 2 is 1.75 bits per heavy atom. The van der Waals surface area contributed by atoms with E-state index in [0.717, 1.165) is 0 Å². The number of rotatable bonds is 4. The van der Waals surface area contributed by atoms with Crippen molar-refractivity contribution in [1.82, 2.24) is 5.43 Å². The minimum absolute atomic E-state index is 0.0599. The van der Waals surface area contributed by atoms with Crippen molar-refractivity contribution >= 4 is 41.0 Å². The Morgan fingerprint density at radius 3 is 2.38 bits per heavy atom. The number of carbonyl (C=O) groups is 2. The third-order valence-corrected chi connectivity index (χ3v) is 3.14. The van der Waals surface area contributed by atoms with E-state index in [2.05, 4.69) is 10.4 Å². The normalized spacial score (nSPS) is 10.4. The summed E-state index contributed by atoms with van der Waals surface area (Å²) in [5, 5.41) is 16.8. The first kappa shape index (κ1) is 17.1. The first-order valence-corrected chi connectivity index (χ1v) is 6.98. The predicted octanol–water partition coefficient (Wildman–Crippen LogP) is 2.34. The average Bonchev–Trinajstić information content (AvgIpc) is 2.57. The van der Waals surface area contributed by atoms with Gasteiger partial charge in [0.25, 0.3) is 5.69 Å². The molecule has 0 spiro atoms. The molecule has 0 aliphatic carbocycles. The van der Waals surface area contributed by atoms with E-state index < -0.39 is 16.7 Å². The fourth-order valence-corrected chi connectivity index (χ4v) is 1.82. The zero-order valence-corrected chi connectivity index (χ0v) is 12.9. The third-order valence-electron chi connectivity index (χ3n) is 2.81. The van der Waals surface area contributed by atoms with Crippen LogP contribution in [0.3, 0.4) is 0 Å². The number of benzene rings is 2. The lowest BCUT2D eigenvalue weighted by Crippen LogP contribution is -2.32. The van der Waals surface area contributed by atoms with E-state index in [9.17, 15) is 19.7 Å². The monoisotopic (exact) mass is 346 g/mol. The van der Waals surface area contributed by atoms with Crippen molar-refractivity contribution in [2.75, 3.05) is 5.32 Å². The number of hydrogen-bond donors (Lipinski definition) is 2. The predicted molar refractivity (Wildman–Crippen MR) is 88.9 cm³/mol. The number of nitro benzene ring substituents is 1. The topological polar surface area (TPSA) is 114 Å². The molecular formula is C15H11ClN4O4. The number of hydrazone groups is 1. The Labute approximate surface area is 141 Å². The summed E-state index contributed by atoms with van der Waals surface area (Å²) in [7, 11) is 0. The van der Waals surface area contributed by atoms with Gasteiger partial charge in [-0.3, -0.25) is 19.7 Å². The van der Waals surface area contributed by atoms with Crippen molar-refractivity contribution in [3.05, 3.63) is 69.2 Å². The molecule has 0 heterocycles. The highest BCUT2D eigenvalue weighted by molar-refractivity contribution is 6.41. The molecule has 2 aromatic carbocycles. The standard InChI is InChI=1S/C15H11ClN4O4/c16-12-3-1-2-4-13(12)18-14(21)15(22)19-17-9-10-5-7-11(8-6-10)20(23)24/h1-9H,(H,18,21)(H,19,22)/b17-9-. The van der Waals surface area contributed by atoms with Gasteiger partial charge in [0.15, 0.2) is 0 Å². The number of hydrogen-bond acceptors (Lipinski definition) is 5. The largest absolute Gasteiger partial charge is 0.329 e. The molecule has 0 saturated carbocycles. The van der Waals surface area contributed by atoms with Crippen molar-refractivity contribution in [3.8, 4) is 0 Å². The number of nitrogens with zero attached hydrogens (tertiary/aromatic N) is 2. The molecule has 8 nitrogen and oxygen atoms in total. The van der Waals surface area contributed by atoms with Crippen LogP contribution in [0.2, 0.25) is 5.02 Å². The van der Waals surface area contributed by atoms with Crippen LogP contribution in [0.25, 0.3) is 0 Å². The van der Waals surface area contributed by atoms with Gasteiger partial charge in [-0.2, -0.15) is 5.10 Å². The van der Waals surface area contributed by atoms with Crippen molar-refractivity contribution in [2.45, 2.75) is 0 Å². The van der Waals surface area contributed by atoms with Crippen LogP contribution in [0.5, 0.6) is 0 Å². The molecule has 122 valence electrons. The van der Waals surface area contributed by atoms with Gasteiger partial charge in [-0.15, -0.1) is 0 Å². The highest BCUT2D eigenvalue weighted by atomic mass is 35.5. The minimum Gasteiger partial charge on any atom is -0.316 e. The number of non-ortho nitro benzene ring substituents is 1. The molecule has 9 heteroatoms. The molecule has 0 aromatic heterocycles. The summed E-state index contributed by atoms with van der Waals surface area (Å²) < 4.78 is 0. The smallest absolute Gasteiger partial charge is 0.316 e. The van der Waals surface area contributed by atoms with E-state index in [-0.39, 0.29) is 5.69 Å². The number of halogens is 1. The number of carbonyl (C=O) groups excluding carboxylic acids is 2. The van der Waals surface area contributed by atoms with Crippen LogP contribution in [-0.2, 0) is 9.59 Å². The van der Waals surface area contributed by atoms with Gasteiger partial charge in [0.2, 0.25) is 0 Å². The second-order valence-corrected chi connectivity index (χ2v) is 4.89. The molecule has 2 N–H and O–H groups in total. The Morgan fingerprint density at radius 1 is 1.08 bits per heavy atom. The maximum atomic E-state index is 11.7. The molecule has 0 bridgehead atoms. The Hall–Kier alpha value is -3.26. The number of amides is 2. The molecular weight excluding hydrogens is 336 g/mol. The highest BCUT2D eigenvalue weighted by Gasteiger charge is 2.14. The summed E-state index contributed by atoms with van der Waals surface area (Å²) in [5.74, 6) is -1.91. The van der Waals surface area contributed by atoms with Gasteiger partial charge in [-0.25, -0.2) is 5.43 Å². The second kappa shape index (κ2) is 7.84. The molecule has 0 unspecified atom stereocenters. The molecule has 2 aromatic rings. The first-order chi connectivity index (χ1) is 11.5. The van der Waals surface area contributed by atoms with Crippen LogP contribution < -0.4 is 10.7 Å². The van der Waals surface area contributed by atoms with E-state index in [4.69, 9.17) is 11.6 Å². The Balaban J connectivity index is 1.91. The van der Waals surface area contributed by atoms with E-state index in [1.807, 2.05) is 5.43 Å². The van der Waals surface area contributed by atoms with Gasteiger partial charge in [0.05, 0.1) is 21.8 Å². The summed E-state index contributed by atoms with van der Waals surface area (Å²) in [5.41, 5.74) is 2.81. The molecule has 0 saturated heterocycles. The lowest BCUT2D eigenvalue weighted by molar-refractivity contribution is -0.384. The summed E-state index contributed by atoms with van der Waals surface area (Å²) in [6.07, 6.45) is 1.25. The second-order valence-electron chi connectivity index (χ2n) is 4.48. The van der Waals surface area contributed by atoms with Crippen LogP contribution in [0, 0.1) is 10.1 Å². The Kier molecular flexibility index (Phi) is 5.58. The number of nitro groups is 1. The first-order valence-electron chi connectivity index (χ1n) is 6.61. The Bertz CT molecular complexity index is 805. The summed E-state index contributed by atoms with van der Waals surface area (Å²) in [4.78, 5) is 33.3. The highest BCUT2D eigenvalue weighted by Crippen LogP contribution is 2.20. The van der Waals surface area contributed by atoms with Gasteiger partial charge in [-0.05, 0) is 29.8 Å². The van der Waals surface area contributed by atoms with Gasteiger partial charge in [-0.1, -0.05) is 23.7 Å². The van der Waals surface area contributed by atoms with Gasteiger partial charge < -0.3 is 5.32 Å². The molecule has 2 rings (SSSR count). The lowest BCUT2D eigenvalue weighted by atomic mass is 10.2. The summed E-state index contributed by atoms with van der Waals surface area (Å²) in [6.45, 7) is 0. The van der Waals surface area contributed by atoms with E-state index in [1.54, 1.807) is 24.3 Å². The average molecular weight is 347 g/mol. The quantitative estimate of drug-likeness (QED) is 0.382. The van der Waals surface area contributed by atoms with Crippen molar-refractivity contribution < 1.29 is 14.5 Å². The maximum absolute atomic E-state index is 11.7. The molecule has 0 aliphatic rings. The zero-order valence-electron chi connectivity index (χ0n) is 12.1. The van der Waals surface area contributed by atoms with Crippen molar-refractivity contribution in [3.63, 3.8) is 0 Å². The van der Waals surface area contributed by atoms with Crippen LogP contribution in [0.4, 0.5) is 11.4 Å². The van der Waals surface area contributed by atoms with E-state index >= 15 is 0 Å². The molecule has 0 atom stereocenters. The summed E-state index contributed by atoms with van der Waals surface area (Å²) >= 11 is 5.87. The van der Waals surface area contributed by atoms with Crippen LogP contribution in [0.15, 0.2) is 53.6 Å². The fourth-order valence-electron chi connectivity index (χ4n) is 1.64. The molecule has 2 amide bonds. The third kappa shape index (κ3) is 4.62. The number of anilines is 1. The van der Waals surface area contributed by atoms with Crippen molar-refractivity contribution in [1.29, 1.82) is 0 Å². The number of para-hydroxylation sites is 1. The fraction of sp³-hybridized carbons (Fsp3) is 0. The van der Waals surface area contributed by atoms with E-state index in [0.29, 0.717) is 16.3 Å². The number of nitrogens with one attached hydrogen (secondary N) is 2. The van der Waals surface area contributed by atoms with Crippen LogP contribution in [-0.4, -0.2) is 23.0 Å². The minimum atomic E-state index is -0.979. The van der Waals surface area contributed by atoms with Crippen LogP contribution >= 0.6 is 11.6 Å².